The average Bonchev–Trinajstić information content (AvgIpc) is 3.24. The molecule has 0 bridgehead atoms. The highest BCUT2D eigenvalue weighted by molar-refractivity contribution is 7.12. The van der Waals surface area contributed by atoms with Crippen molar-refractivity contribution in [3.63, 3.8) is 0 Å². The highest BCUT2D eigenvalue weighted by Crippen LogP contribution is 2.40. The molecule has 25 heavy (non-hydrogen) atoms. The van der Waals surface area contributed by atoms with E-state index in [2.05, 4.69) is 0 Å². The lowest BCUT2D eigenvalue weighted by Gasteiger charge is -2.19. The van der Waals surface area contributed by atoms with E-state index in [0.717, 1.165) is 25.7 Å². The van der Waals surface area contributed by atoms with Crippen LogP contribution in [0.2, 0.25) is 0 Å². The van der Waals surface area contributed by atoms with E-state index < -0.39 is 5.97 Å². The number of carbonyl (C=O) groups excluding carboxylic acids is 3. The van der Waals surface area contributed by atoms with Crippen molar-refractivity contribution in [2.75, 3.05) is 4.90 Å². The number of amides is 2. The number of benzene rings is 1. The number of imide groups is 1. The van der Waals surface area contributed by atoms with Gasteiger partial charge in [-0.05, 0) is 36.4 Å². The van der Waals surface area contributed by atoms with Crippen LogP contribution in [0.5, 0.6) is 5.75 Å². The lowest BCUT2D eigenvalue weighted by Crippen LogP contribution is -2.30. The monoisotopic (exact) mass is 355 g/mol. The molecule has 2 amide bonds. The Morgan fingerprint density at radius 2 is 1.76 bits per heavy atom. The predicted molar refractivity (Wildman–Crippen MR) is 93.7 cm³/mol. The number of hydrogen-bond acceptors (Lipinski definition) is 5. The van der Waals surface area contributed by atoms with Crippen LogP contribution in [-0.4, -0.2) is 17.8 Å². The molecular formula is C19H17NO4S. The van der Waals surface area contributed by atoms with E-state index >= 15 is 0 Å². The van der Waals surface area contributed by atoms with Gasteiger partial charge in [-0.25, -0.2) is 9.69 Å². The molecule has 2 aromatic rings. The highest BCUT2D eigenvalue weighted by Gasteiger charge is 2.48. The fraction of sp³-hybridized carbons (Fsp3) is 0.316. The van der Waals surface area contributed by atoms with Gasteiger partial charge in [0.05, 0.1) is 17.5 Å². The normalized spacial score (nSPS) is 22.8. The van der Waals surface area contributed by atoms with Crippen molar-refractivity contribution < 1.29 is 19.1 Å². The Hall–Kier alpha value is -2.47. The first-order valence-corrected chi connectivity index (χ1v) is 9.26. The Labute approximate surface area is 149 Å². The van der Waals surface area contributed by atoms with E-state index in [1.807, 2.05) is 0 Å². The number of carbonyl (C=O) groups is 3. The van der Waals surface area contributed by atoms with Gasteiger partial charge in [-0.1, -0.05) is 25.0 Å². The highest BCUT2D eigenvalue weighted by atomic mass is 32.1. The topological polar surface area (TPSA) is 63.7 Å². The zero-order chi connectivity index (χ0) is 17.4. The van der Waals surface area contributed by atoms with Gasteiger partial charge in [0.25, 0.3) is 0 Å². The maximum atomic E-state index is 12.7. The van der Waals surface area contributed by atoms with Crippen LogP contribution in [0.15, 0.2) is 41.8 Å². The SMILES string of the molecule is O=C(Oc1cccc(N2C(=O)[C@H]3CCCC[C@H]3C2=O)c1)c1cccs1. The van der Waals surface area contributed by atoms with Crippen molar-refractivity contribution in [2.24, 2.45) is 11.8 Å². The van der Waals surface area contributed by atoms with E-state index in [0.29, 0.717) is 16.3 Å². The lowest BCUT2D eigenvalue weighted by molar-refractivity contribution is -0.122. The maximum absolute atomic E-state index is 12.7. The van der Waals surface area contributed by atoms with E-state index in [1.54, 1.807) is 41.8 Å². The van der Waals surface area contributed by atoms with Gasteiger partial charge in [0, 0.05) is 6.07 Å². The van der Waals surface area contributed by atoms with Crippen LogP contribution in [0, 0.1) is 11.8 Å². The molecule has 0 N–H and O–H groups in total. The van der Waals surface area contributed by atoms with Crippen molar-refractivity contribution in [3.05, 3.63) is 46.7 Å². The van der Waals surface area contributed by atoms with Gasteiger partial charge in [-0.2, -0.15) is 0 Å². The Kier molecular flexibility index (Phi) is 4.13. The number of thiophene rings is 1. The van der Waals surface area contributed by atoms with Crippen LogP contribution >= 0.6 is 11.3 Å². The Morgan fingerprint density at radius 1 is 1.04 bits per heavy atom. The van der Waals surface area contributed by atoms with Gasteiger partial charge >= 0.3 is 5.97 Å². The summed E-state index contributed by atoms with van der Waals surface area (Å²) in [5, 5.41) is 1.80. The average molecular weight is 355 g/mol. The fourth-order valence-electron chi connectivity index (χ4n) is 3.65. The molecular weight excluding hydrogens is 338 g/mol. The minimum absolute atomic E-state index is 0.128. The maximum Gasteiger partial charge on any atom is 0.353 e. The van der Waals surface area contributed by atoms with Gasteiger partial charge in [-0.15, -0.1) is 11.3 Å². The summed E-state index contributed by atoms with van der Waals surface area (Å²) in [5.74, 6) is -0.767. The first-order chi connectivity index (χ1) is 12.1. The first-order valence-electron chi connectivity index (χ1n) is 8.39. The van der Waals surface area contributed by atoms with E-state index in [4.69, 9.17) is 4.74 Å². The van der Waals surface area contributed by atoms with Crippen LogP contribution in [-0.2, 0) is 9.59 Å². The number of fused-ring (bicyclic) bond motifs is 1. The van der Waals surface area contributed by atoms with Crippen LogP contribution in [0.25, 0.3) is 0 Å². The fourth-order valence-corrected chi connectivity index (χ4v) is 4.25. The first kappa shape index (κ1) is 16.0. The quantitative estimate of drug-likeness (QED) is 0.479. The molecule has 2 fully saturated rings. The molecule has 128 valence electrons. The van der Waals surface area contributed by atoms with Crippen LogP contribution < -0.4 is 9.64 Å². The number of anilines is 1. The summed E-state index contributed by atoms with van der Waals surface area (Å²) in [6, 6.07) is 10.1. The summed E-state index contributed by atoms with van der Waals surface area (Å²) >= 11 is 1.30. The van der Waals surface area contributed by atoms with Crippen LogP contribution in [0.4, 0.5) is 5.69 Å². The second-order valence-electron chi connectivity index (χ2n) is 6.37. The molecule has 2 aliphatic rings. The minimum atomic E-state index is -0.445. The molecule has 5 nitrogen and oxygen atoms in total. The molecule has 0 unspecified atom stereocenters. The molecule has 0 spiro atoms. The van der Waals surface area contributed by atoms with Crippen LogP contribution in [0.1, 0.15) is 35.4 Å². The van der Waals surface area contributed by atoms with Gasteiger partial charge in [0.1, 0.15) is 10.6 Å². The van der Waals surface area contributed by atoms with Gasteiger partial charge in [-0.3, -0.25) is 9.59 Å². The van der Waals surface area contributed by atoms with Crippen molar-refractivity contribution in [2.45, 2.75) is 25.7 Å². The van der Waals surface area contributed by atoms with Gasteiger partial charge < -0.3 is 4.74 Å². The Morgan fingerprint density at radius 3 is 2.40 bits per heavy atom. The molecule has 1 saturated carbocycles. The number of esters is 1. The molecule has 1 aromatic carbocycles. The zero-order valence-corrected chi connectivity index (χ0v) is 14.3. The molecule has 2 atom stereocenters. The lowest BCUT2D eigenvalue weighted by atomic mass is 9.81. The zero-order valence-electron chi connectivity index (χ0n) is 13.5. The molecule has 1 aliphatic carbocycles. The van der Waals surface area contributed by atoms with Crippen molar-refractivity contribution in [1.82, 2.24) is 0 Å². The smallest absolute Gasteiger partial charge is 0.353 e. The summed E-state index contributed by atoms with van der Waals surface area (Å²) in [6.45, 7) is 0. The van der Waals surface area contributed by atoms with Crippen molar-refractivity contribution in [3.8, 4) is 5.75 Å². The van der Waals surface area contributed by atoms with E-state index in [1.165, 1.54) is 16.2 Å². The number of rotatable bonds is 3. The summed E-state index contributed by atoms with van der Waals surface area (Å²) in [7, 11) is 0. The standard InChI is InChI=1S/C19H17NO4S/c21-17-14-7-1-2-8-15(14)18(22)20(17)12-5-3-6-13(11-12)24-19(23)16-9-4-10-25-16/h3-6,9-11,14-15H,1-2,7-8H2/t14-,15+. The molecule has 1 aliphatic heterocycles. The van der Waals surface area contributed by atoms with Crippen molar-refractivity contribution in [1.29, 1.82) is 0 Å². The summed E-state index contributed by atoms with van der Waals surface area (Å²) < 4.78 is 5.37. The minimum Gasteiger partial charge on any atom is -0.422 e. The summed E-state index contributed by atoms with van der Waals surface area (Å²) in [6.07, 6.45) is 3.54. The molecule has 0 radical (unpaired) electrons. The molecule has 6 heteroatoms. The second-order valence-corrected chi connectivity index (χ2v) is 7.32. The van der Waals surface area contributed by atoms with Crippen molar-refractivity contribution >= 4 is 34.8 Å². The second kappa shape index (κ2) is 6.44. The third-order valence-electron chi connectivity index (χ3n) is 4.85. The van der Waals surface area contributed by atoms with E-state index in [9.17, 15) is 14.4 Å². The molecule has 2 heterocycles. The van der Waals surface area contributed by atoms with E-state index in [-0.39, 0.29) is 23.7 Å². The Bertz CT molecular complexity index is 806. The third-order valence-corrected chi connectivity index (χ3v) is 5.70. The largest absolute Gasteiger partial charge is 0.422 e. The number of hydrogen-bond donors (Lipinski definition) is 0. The van der Waals surface area contributed by atoms with Gasteiger partial charge in [0.15, 0.2) is 0 Å². The molecule has 1 aromatic heterocycles. The predicted octanol–water partition coefficient (Wildman–Crippen LogP) is 3.65. The third kappa shape index (κ3) is 2.87. The van der Waals surface area contributed by atoms with Gasteiger partial charge in [0.2, 0.25) is 11.8 Å². The Balaban J connectivity index is 1.58. The number of ether oxygens (including phenoxy) is 1. The number of nitrogens with zero attached hydrogens (tertiary/aromatic N) is 1. The van der Waals surface area contributed by atoms with Crippen LogP contribution in [0.3, 0.4) is 0 Å². The summed E-state index contributed by atoms with van der Waals surface area (Å²) in [4.78, 5) is 39.2. The molecule has 4 rings (SSSR count). The molecule has 1 saturated heterocycles. The summed E-state index contributed by atoms with van der Waals surface area (Å²) in [5.41, 5.74) is 0.473.